The smallest absolute Gasteiger partial charge is 0.362 e. The van der Waals surface area contributed by atoms with E-state index in [1.54, 1.807) is 0 Å². The van der Waals surface area contributed by atoms with E-state index in [2.05, 4.69) is 31.2 Å². The van der Waals surface area contributed by atoms with Crippen LogP contribution in [0.1, 0.15) is 116 Å². The third-order valence-corrected chi connectivity index (χ3v) is 7.47. The average molecular weight is 489 g/mol. The molecule has 0 aromatic carbocycles. The molecule has 0 aliphatic carbocycles. The minimum absolute atomic E-state index is 0.0577. The van der Waals surface area contributed by atoms with Gasteiger partial charge in [0.1, 0.15) is 6.54 Å². The van der Waals surface area contributed by atoms with Crippen molar-refractivity contribution in [2.24, 2.45) is 0 Å². The van der Waals surface area contributed by atoms with Crippen LogP contribution in [0, 0.1) is 0 Å². The van der Waals surface area contributed by atoms with Crippen LogP contribution < -0.4 is 0 Å². The summed E-state index contributed by atoms with van der Waals surface area (Å²) in [6.07, 6.45) is 28.3. The fourth-order valence-electron chi connectivity index (χ4n) is 4.13. The largest absolute Gasteiger partial charge is 0.373 e. The van der Waals surface area contributed by atoms with Crippen LogP contribution in [0.3, 0.4) is 0 Å². The molecule has 0 saturated carbocycles. The topological polar surface area (TPSA) is 77.8 Å². The maximum absolute atomic E-state index is 11.8. The SMILES string of the molecule is CCCC/C=C\CCCC/C=C\CCCCCCCCCCC(O)(C[N+](C)(C)C)P(=O)(O)O. The highest BCUT2D eigenvalue weighted by Gasteiger charge is 2.48. The fraction of sp³-hybridized carbons (Fsp3) is 0.852. The average Bonchev–Trinajstić information content (AvgIpc) is 2.70. The molecular weight excluding hydrogens is 433 g/mol. The standard InChI is InChI=1S/C27H54NO4P/c1-5-6-7-8-9-10-11-12-13-14-15-16-17-18-19-20-21-22-23-24-25-27(29,33(30,31)32)26-28(2,3)4/h8-9,14-15,29H,5-7,10-13,16-26H2,1-4H3,(H-,30,31,32)/p+1/b9-8-,15-14-. The first kappa shape index (κ1) is 32.5. The van der Waals surface area contributed by atoms with Crippen LogP contribution in [0.15, 0.2) is 24.3 Å². The molecule has 0 aliphatic heterocycles. The number of nitrogens with zero attached hydrogens (tertiary/aromatic N) is 1. The van der Waals surface area contributed by atoms with Crippen molar-refractivity contribution in [2.45, 2.75) is 121 Å². The molecule has 0 fully saturated rings. The number of hydrogen-bond acceptors (Lipinski definition) is 2. The third-order valence-electron chi connectivity index (χ3n) is 6.02. The predicted molar refractivity (Wildman–Crippen MR) is 142 cm³/mol. The zero-order valence-corrected chi connectivity index (χ0v) is 23.1. The highest BCUT2D eigenvalue weighted by molar-refractivity contribution is 7.53. The Morgan fingerprint density at radius 3 is 1.42 bits per heavy atom. The minimum atomic E-state index is -4.55. The van der Waals surface area contributed by atoms with E-state index in [4.69, 9.17) is 0 Å². The third kappa shape index (κ3) is 19.5. The van der Waals surface area contributed by atoms with Gasteiger partial charge in [-0.3, -0.25) is 4.57 Å². The van der Waals surface area contributed by atoms with Gasteiger partial charge in [0.05, 0.1) is 21.1 Å². The zero-order valence-electron chi connectivity index (χ0n) is 22.2. The predicted octanol–water partition coefficient (Wildman–Crippen LogP) is 7.32. The summed E-state index contributed by atoms with van der Waals surface area (Å²) in [6.45, 7) is 2.29. The van der Waals surface area contributed by atoms with Crippen LogP contribution in [-0.4, -0.2) is 52.4 Å². The molecule has 1 unspecified atom stereocenters. The van der Waals surface area contributed by atoms with Gasteiger partial charge in [-0.25, -0.2) is 0 Å². The van der Waals surface area contributed by atoms with Crippen molar-refractivity contribution < 1.29 is 23.9 Å². The second kappa shape index (κ2) is 18.8. The Bertz CT molecular complexity index is 565. The molecule has 0 spiro atoms. The molecule has 33 heavy (non-hydrogen) atoms. The van der Waals surface area contributed by atoms with E-state index in [1.165, 1.54) is 77.0 Å². The minimum Gasteiger partial charge on any atom is -0.373 e. The Morgan fingerprint density at radius 2 is 1.03 bits per heavy atom. The molecule has 5 nitrogen and oxygen atoms in total. The fourth-order valence-corrected chi connectivity index (χ4v) is 5.18. The van der Waals surface area contributed by atoms with Gasteiger partial charge in [0.25, 0.3) is 0 Å². The number of hydrogen-bond donors (Lipinski definition) is 3. The molecule has 0 aliphatic rings. The summed E-state index contributed by atoms with van der Waals surface area (Å²) in [5.41, 5.74) is 0. The number of unbranched alkanes of at least 4 members (excludes halogenated alkanes) is 13. The lowest BCUT2D eigenvalue weighted by atomic mass is 10.0. The number of quaternary nitrogens is 1. The van der Waals surface area contributed by atoms with Crippen molar-refractivity contribution >= 4 is 7.60 Å². The van der Waals surface area contributed by atoms with Crippen molar-refractivity contribution in [1.29, 1.82) is 0 Å². The first-order valence-electron chi connectivity index (χ1n) is 13.4. The second-order valence-electron chi connectivity index (χ2n) is 10.7. The molecule has 0 radical (unpaired) electrons. The van der Waals surface area contributed by atoms with Crippen LogP contribution in [0.4, 0.5) is 0 Å². The Morgan fingerprint density at radius 1 is 0.667 bits per heavy atom. The van der Waals surface area contributed by atoms with Gasteiger partial charge in [-0.15, -0.1) is 0 Å². The van der Waals surface area contributed by atoms with Crippen molar-refractivity contribution in [1.82, 2.24) is 0 Å². The first-order chi connectivity index (χ1) is 15.5. The first-order valence-corrected chi connectivity index (χ1v) is 15.0. The quantitative estimate of drug-likeness (QED) is 0.0645. The maximum atomic E-state index is 11.8. The van der Waals surface area contributed by atoms with Crippen LogP contribution in [0.25, 0.3) is 0 Å². The highest BCUT2D eigenvalue weighted by atomic mass is 31.2. The van der Waals surface area contributed by atoms with Gasteiger partial charge in [0.2, 0.25) is 5.34 Å². The molecule has 0 aromatic heterocycles. The van der Waals surface area contributed by atoms with Gasteiger partial charge in [0.15, 0.2) is 0 Å². The van der Waals surface area contributed by atoms with Crippen molar-refractivity contribution in [3.8, 4) is 0 Å². The van der Waals surface area contributed by atoms with E-state index in [9.17, 15) is 19.5 Å². The molecule has 0 aromatic rings. The number of likely N-dealkylation sites (N-methyl/N-ethyl adjacent to an activating group) is 1. The van der Waals surface area contributed by atoms with Crippen LogP contribution in [-0.2, 0) is 4.57 Å². The molecule has 6 heteroatoms. The Kier molecular flexibility index (Phi) is 18.6. The van der Waals surface area contributed by atoms with Crippen LogP contribution in [0.5, 0.6) is 0 Å². The van der Waals surface area contributed by atoms with E-state index in [0.29, 0.717) is 10.9 Å². The van der Waals surface area contributed by atoms with Gasteiger partial charge in [-0.1, -0.05) is 82.6 Å². The van der Waals surface area contributed by atoms with Crippen molar-refractivity contribution in [2.75, 3.05) is 27.7 Å². The Labute approximate surface area is 205 Å². The molecule has 3 N–H and O–H groups in total. The van der Waals surface area contributed by atoms with E-state index >= 15 is 0 Å². The van der Waals surface area contributed by atoms with Crippen molar-refractivity contribution in [3.63, 3.8) is 0 Å². The summed E-state index contributed by atoms with van der Waals surface area (Å²) in [7, 11) is 0.969. The van der Waals surface area contributed by atoms with Gasteiger partial charge >= 0.3 is 7.60 Å². The monoisotopic (exact) mass is 488 g/mol. The summed E-state index contributed by atoms with van der Waals surface area (Å²) in [6, 6.07) is 0. The zero-order chi connectivity index (χ0) is 25.1. The Balaban J connectivity index is 3.61. The van der Waals surface area contributed by atoms with Gasteiger partial charge < -0.3 is 19.4 Å². The van der Waals surface area contributed by atoms with Gasteiger partial charge in [-0.05, 0) is 57.8 Å². The van der Waals surface area contributed by atoms with E-state index < -0.39 is 12.9 Å². The van der Waals surface area contributed by atoms with Gasteiger partial charge in [0, 0.05) is 0 Å². The van der Waals surface area contributed by atoms with Crippen molar-refractivity contribution in [3.05, 3.63) is 24.3 Å². The molecule has 0 rings (SSSR count). The molecule has 196 valence electrons. The highest BCUT2D eigenvalue weighted by Crippen LogP contribution is 2.52. The van der Waals surface area contributed by atoms with Crippen LogP contribution >= 0.6 is 7.60 Å². The van der Waals surface area contributed by atoms with E-state index in [1.807, 2.05) is 21.1 Å². The summed E-state index contributed by atoms with van der Waals surface area (Å²) in [4.78, 5) is 19.2. The van der Waals surface area contributed by atoms with Crippen LogP contribution in [0.2, 0.25) is 0 Å². The lowest BCUT2D eigenvalue weighted by molar-refractivity contribution is -0.875. The number of rotatable bonds is 22. The lowest BCUT2D eigenvalue weighted by Gasteiger charge is -2.35. The normalized spacial score (nSPS) is 15.0. The molecule has 0 bridgehead atoms. The molecule has 0 amide bonds. The molecule has 1 atom stereocenters. The molecule has 0 heterocycles. The second-order valence-corrected chi connectivity index (χ2v) is 12.6. The molecule has 0 saturated heterocycles. The maximum Gasteiger partial charge on any atom is 0.362 e. The lowest BCUT2D eigenvalue weighted by Crippen LogP contribution is -2.49. The number of aliphatic hydroxyl groups is 1. The summed E-state index contributed by atoms with van der Waals surface area (Å²) < 4.78 is 12.1. The summed E-state index contributed by atoms with van der Waals surface area (Å²) in [5.74, 6) is 0. The van der Waals surface area contributed by atoms with Gasteiger partial charge in [-0.2, -0.15) is 0 Å². The summed E-state index contributed by atoms with van der Waals surface area (Å²) in [5, 5.41) is 8.64. The summed E-state index contributed by atoms with van der Waals surface area (Å²) >= 11 is 0. The Hall–Kier alpha value is -0.450. The number of allylic oxidation sites excluding steroid dienone is 4. The van der Waals surface area contributed by atoms with E-state index in [0.717, 1.165) is 19.3 Å². The molecular formula is C27H55NO4P+. The van der Waals surface area contributed by atoms with E-state index in [-0.39, 0.29) is 13.0 Å².